The molecule has 0 fully saturated rings. The summed E-state index contributed by atoms with van der Waals surface area (Å²) < 4.78 is 90.4. The van der Waals surface area contributed by atoms with Crippen LogP contribution in [0.2, 0.25) is 0 Å². The zero-order chi connectivity index (χ0) is 48.5. The third-order valence-electron chi connectivity index (χ3n) is 12.9. The quantitative estimate of drug-likeness (QED) is 0.156. The van der Waals surface area contributed by atoms with E-state index in [1.54, 1.807) is 36.4 Å². The van der Waals surface area contributed by atoms with Crippen LogP contribution in [0.15, 0.2) is 188 Å². The van der Waals surface area contributed by atoms with Crippen molar-refractivity contribution in [2.24, 2.45) is 0 Å². The van der Waals surface area contributed by atoms with Crippen molar-refractivity contribution in [2.45, 2.75) is 12.4 Å². The Hall–Kier alpha value is -9.37. The second-order valence-electron chi connectivity index (χ2n) is 16.8. The normalized spacial score (nSPS) is 11.8. The van der Waals surface area contributed by atoms with E-state index in [1.807, 2.05) is 130 Å². The molecule has 0 aliphatic heterocycles. The first kappa shape index (κ1) is 43.2. The van der Waals surface area contributed by atoms with Crippen molar-refractivity contribution < 1.29 is 26.3 Å². The second kappa shape index (κ2) is 16.4. The molecule has 0 amide bonds. The molecule has 0 bridgehead atoms. The predicted molar refractivity (Wildman–Crippen MR) is 261 cm³/mol. The van der Waals surface area contributed by atoms with Crippen molar-refractivity contribution in [3.8, 4) is 74.1 Å². The van der Waals surface area contributed by atoms with E-state index < -0.39 is 29.0 Å². The number of alkyl halides is 6. The van der Waals surface area contributed by atoms with Crippen molar-refractivity contribution in [3.05, 3.63) is 216 Å². The van der Waals surface area contributed by atoms with Gasteiger partial charge in [-0.05, 0) is 124 Å². The van der Waals surface area contributed by atoms with E-state index in [4.69, 9.17) is 0 Å². The molecular weight excluding hydrogens is 893 g/mol. The summed E-state index contributed by atoms with van der Waals surface area (Å²) in [4.78, 5) is 0. The molecule has 0 radical (unpaired) electrons. The van der Waals surface area contributed by atoms with E-state index in [2.05, 4.69) is 18.2 Å². The lowest BCUT2D eigenvalue weighted by atomic mass is 9.91. The SMILES string of the molecule is N#Cc1ccccc1-c1ccc2c(c1)c1ccccc1n2-c1ccc(C#N)c(-c2cc(-c3ccc(C(F)(F)F)cc3C(F)(F)F)ccc2-n2c3ccccc3c3cc(-c4ccccc4C#N)ccc32)c1. The molecule has 70 heavy (non-hydrogen) atoms. The molecule has 0 aliphatic carbocycles. The first-order chi connectivity index (χ1) is 33.9. The molecule has 11 aromatic rings. The van der Waals surface area contributed by atoms with Gasteiger partial charge in [-0.15, -0.1) is 0 Å². The maximum atomic E-state index is 14.9. The maximum absolute atomic E-state index is 14.9. The summed E-state index contributed by atoms with van der Waals surface area (Å²) in [7, 11) is 0. The Bertz CT molecular complexity index is 4100. The topological polar surface area (TPSA) is 81.2 Å². The summed E-state index contributed by atoms with van der Waals surface area (Å²) >= 11 is 0. The summed E-state index contributed by atoms with van der Waals surface area (Å²) in [6, 6.07) is 60.1. The summed E-state index contributed by atoms with van der Waals surface area (Å²) in [5.74, 6) is 0. The number of para-hydroxylation sites is 2. The number of nitriles is 3. The second-order valence-corrected chi connectivity index (χ2v) is 16.8. The summed E-state index contributed by atoms with van der Waals surface area (Å²) in [6.45, 7) is 0. The minimum Gasteiger partial charge on any atom is -0.309 e. The molecule has 0 unspecified atom stereocenters. The van der Waals surface area contributed by atoms with E-state index in [-0.39, 0.29) is 17.2 Å². The van der Waals surface area contributed by atoms with Gasteiger partial charge in [0.15, 0.2) is 0 Å². The van der Waals surface area contributed by atoms with Gasteiger partial charge in [-0.25, -0.2) is 0 Å². The van der Waals surface area contributed by atoms with Crippen molar-refractivity contribution in [1.29, 1.82) is 15.8 Å². The average molecular weight is 924 g/mol. The lowest BCUT2D eigenvalue weighted by Crippen LogP contribution is -2.12. The average Bonchev–Trinajstić information content (AvgIpc) is 3.89. The monoisotopic (exact) mass is 923 g/mol. The number of fused-ring (bicyclic) bond motifs is 6. The van der Waals surface area contributed by atoms with Crippen LogP contribution in [0, 0.1) is 34.0 Å². The van der Waals surface area contributed by atoms with E-state index in [9.17, 15) is 42.1 Å². The molecule has 334 valence electrons. The van der Waals surface area contributed by atoms with Gasteiger partial charge in [0.1, 0.15) is 0 Å². The molecule has 2 heterocycles. The fourth-order valence-electron chi connectivity index (χ4n) is 9.80. The summed E-state index contributed by atoms with van der Waals surface area (Å²) in [5, 5.41) is 34.2. The Morgan fingerprint density at radius 3 is 1.40 bits per heavy atom. The van der Waals surface area contributed by atoms with Crippen LogP contribution in [-0.2, 0) is 12.4 Å². The smallest absolute Gasteiger partial charge is 0.309 e. The van der Waals surface area contributed by atoms with Crippen molar-refractivity contribution >= 4 is 43.6 Å². The molecule has 0 N–H and O–H groups in total. The fourth-order valence-corrected chi connectivity index (χ4v) is 9.80. The predicted octanol–water partition coefficient (Wildman–Crippen LogP) is 16.2. The van der Waals surface area contributed by atoms with Crippen LogP contribution in [-0.4, -0.2) is 9.13 Å². The molecule has 9 aromatic carbocycles. The molecular formula is C59H31F6N5. The van der Waals surface area contributed by atoms with E-state index in [1.165, 1.54) is 12.1 Å². The number of nitrogens with zero attached hydrogens (tertiary/aromatic N) is 5. The van der Waals surface area contributed by atoms with E-state index in [0.29, 0.717) is 45.2 Å². The summed E-state index contributed by atoms with van der Waals surface area (Å²) in [5.41, 5.74) is 5.81. The number of hydrogen-bond donors (Lipinski definition) is 0. The lowest BCUT2D eigenvalue weighted by Gasteiger charge is -2.20. The van der Waals surface area contributed by atoms with Crippen LogP contribution in [0.3, 0.4) is 0 Å². The van der Waals surface area contributed by atoms with Gasteiger partial charge in [-0.3, -0.25) is 0 Å². The fraction of sp³-hybridized carbons (Fsp3) is 0.0339. The molecule has 2 aromatic heterocycles. The first-order valence-electron chi connectivity index (χ1n) is 21.9. The molecule has 0 atom stereocenters. The molecule has 5 nitrogen and oxygen atoms in total. The van der Waals surface area contributed by atoms with Gasteiger partial charge in [0.25, 0.3) is 0 Å². The van der Waals surface area contributed by atoms with Gasteiger partial charge in [0.05, 0.1) is 73.8 Å². The number of aromatic nitrogens is 2. The van der Waals surface area contributed by atoms with Gasteiger partial charge < -0.3 is 9.13 Å². The zero-order valence-corrected chi connectivity index (χ0v) is 36.4. The van der Waals surface area contributed by atoms with Gasteiger partial charge in [0, 0.05) is 38.4 Å². The molecule has 11 rings (SSSR count). The van der Waals surface area contributed by atoms with Crippen LogP contribution in [0.25, 0.3) is 99.5 Å². The Labute approximate surface area is 395 Å². The zero-order valence-electron chi connectivity index (χ0n) is 36.4. The van der Waals surface area contributed by atoms with Crippen LogP contribution in [0.4, 0.5) is 26.3 Å². The van der Waals surface area contributed by atoms with Crippen LogP contribution >= 0.6 is 0 Å². The largest absolute Gasteiger partial charge is 0.417 e. The van der Waals surface area contributed by atoms with Crippen molar-refractivity contribution in [3.63, 3.8) is 0 Å². The van der Waals surface area contributed by atoms with Crippen LogP contribution in [0.5, 0.6) is 0 Å². The third-order valence-corrected chi connectivity index (χ3v) is 12.9. The molecule has 0 spiro atoms. The van der Waals surface area contributed by atoms with Crippen LogP contribution < -0.4 is 0 Å². The molecule has 0 aliphatic rings. The number of halogens is 6. The minimum absolute atomic E-state index is 0.0210. The van der Waals surface area contributed by atoms with Gasteiger partial charge in [-0.1, -0.05) is 97.1 Å². The third kappa shape index (κ3) is 7.10. The molecule has 0 saturated carbocycles. The number of hydrogen-bond acceptors (Lipinski definition) is 3. The number of benzene rings is 9. The minimum atomic E-state index is -5.16. The van der Waals surface area contributed by atoms with E-state index >= 15 is 0 Å². The molecule has 0 saturated heterocycles. The Morgan fingerprint density at radius 1 is 0.343 bits per heavy atom. The standard InChI is InChI=1S/C59H31F6N5/c60-58(61,62)41-21-23-45(52(30-41)59(63,64)65)37-20-26-57(70-54-16-8-6-14-47(54)50-28-36(19-25-56(50)70)44-12-4-2-10-39(44)33-67)51(29-37)48-31-42(22-17-40(48)34-68)69-53-15-7-5-13-46(53)49-27-35(18-24-55(49)69)43-11-3-1-9-38(43)32-66/h1-31H. The number of rotatable bonds is 6. The van der Waals surface area contributed by atoms with Crippen molar-refractivity contribution in [2.75, 3.05) is 0 Å². The Kier molecular flexibility index (Phi) is 10.2. The highest BCUT2D eigenvalue weighted by Crippen LogP contribution is 2.46. The van der Waals surface area contributed by atoms with Gasteiger partial charge in [0.2, 0.25) is 0 Å². The van der Waals surface area contributed by atoms with Crippen molar-refractivity contribution in [1.82, 2.24) is 9.13 Å². The van der Waals surface area contributed by atoms with E-state index in [0.717, 1.165) is 66.4 Å². The van der Waals surface area contributed by atoms with Gasteiger partial charge >= 0.3 is 12.4 Å². The highest BCUT2D eigenvalue weighted by Gasteiger charge is 2.38. The summed E-state index contributed by atoms with van der Waals surface area (Å²) in [6.07, 6.45) is -10.2. The first-order valence-corrected chi connectivity index (χ1v) is 21.9. The Morgan fingerprint density at radius 2 is 0.829 bits per heavy atom. The highest BCUT2D eigenvalue weighted by atomic mass is 19.4. The van der Waals surface area contributed by atoms with Crippen LogP contribution in [0.1, 0.15) is 27.8 Å². The molecule has 11 heteroatoms. The Balaban J connectivity index is 1.19. The lowest BCUT2D eigenvalue weighted by molar-refractivity contribution is -0.142. The highest BCUT2D eigenvalue weighted by molar-refractivity contribution is 6.12. The maximum Gasteiger partial charge on any atom is 0.417 e. The van der Waals surface area contributed by atoms with Gasteiger partial charge in [-0.2, -0.15) is 42.1 Å².